The first-order valence-corrected chi connectivity index (χ1v) is 6.77. The van der Waals surface area contributed by atoms with Crippen molar-refractivity contribution in [2.75, 3.05) is 0 Å². The Labute approximate surface area is 107 Å². The third-order valence-corrected chi connectivity index (χ3v) is 4.29. The molecule has 0 aliphatic rings. The van der Waals surface area contributed by atoms with Crippen LogP contribution < -0.4 is 5.73 Å². The fourth-order valence-electron chi connectivity index (χ4n) is 1.82. The van der Waals surface area contributed by atoms with E-state index in [-0.39, 0.29) is 6.04 Å². The van der Waals surface area contributed by atoms with Gasteiger partial charge in [0.1, 0.15) is 0 Å². The standard InChI is InChI=1S/C14H18N2S/c1-3-11-6-7-14(17-11)12(15)9-13-10(2)5-4-8-16-13/h4-8,12H,3,9,15H2,1-2H3. The molecule has 90 valence electrons. The molecule has 0 saturated heterocycles. The lowest BCUT2D eigenvalue weighted by Crippen LogP contribution is -2.13. The summed E-state index contributed by atoms with van der Waals surface area (Å²) in [5.74, 6) is 0. The molecule has 0 amide bonds. The minimum Gasteiger partial charge on any atom is -0.323 e. The fourth-order valence-corrected chi connectivity index (χ4v) is 2.78. The van der Waals surface area contributed by atoms with E-state index in [4.69, 9.17) is 5.73 Å². The summed E-state index contributed by atoms with van der Waals surface area (Å²) in [5, 5.41) is 0. The summed E-state index contributed by atoms with van der Waals surface area (Å²) in [6.45, 7) is 4.25. The average molecular weight is 246 g/mol. The molecule has 0 aromatic carbocycles. The lowest BCUT2D eigenvalue weighted by atomic mass is 10.1. The summed E-state index contributed by atoms with van der Waals surface area (Å²) >= 11 is 1.81. The molecule has 2 nitrogen and oxygen atoms in total. The second-order valence-electron chi connectivity index (χ2n) is 4.24. The number of aryl methyl sites for hydroxylation is 2. The number of hydrogen-bond acceptors (Lipinski definition) is 3. The molecule has 17 heavy (non-hydrogen) atoms. The van der Waals surface area contributed by atoms with Gasteiger partial charge in [-0.1, -0.05) is 13.0 Å². The number of hydrogen-bond donors (Lipinski definition) is 1. The largest absolute Gasteiger partial charge is 0.323 e. The summed E-state index contributed by atoms with van der Waals surface area (Å²) in [6, 6.07) is 8.43. The van der Waals surface area contributed by atoms with E-state index in [9.17, 15) is 0 Å². The van der Waals surface area contributed by atoms with Crippen LogP contribution >= 0.6 is 11.3 Å². The van der Waals surface area contributed by atoms with Gasteiger partial charge in [-0.05, 0) is 37.1 Å². The van der Waals surface area contributed by atoms with E-state index >= 15 is 0 Å². The highest BCUT2D eigenvalue weighted by Gasteiger charge is 2.11. The Balaban J connectivity index is 2.11. The van der Waals surface area contributed by atoms with Crippen LogP contribution in [0.4, 0.5) is 0 Å². The molecule has 1 atom stereocenters. The zero-order chi connectivity index (χ0) is 12.3. The van der Waals surface area contributed by atoms with Crippen molar-refractivity contribution in [3.8, 4) is 0 Å². The number of nitrogens with zero attached hydrogens (tertiary/aromatic N) is 1. The van der Waals surface area contributed by atoms with Gasteiger partial charge >= 0.3 is 0 Å². The molecule has 0 radical (unpaired) electrons. The van der Waals surface area contributed by atoms with Crippen LogP contribution in [0.3, 0.4) is 0 Å². The number of pyridine rings is 1. The van der Waals surface area contributed by atoms with Crippen molar-refractivity contribution in [2.24, 2.45) is 5.73 Å². The van der Waals surface area contributed by atoms with Crippen molar-refractivity contribution >= 4 is 11.3 Å². The van der Waals surface area contributed by atoms with Gasteiger partial charge in [0, 0.05) is 34.1 Å². The molecule has 0 spiro atoms. The van der Waals surface area contributed by atoms with Gasteiger partial charge in [-0.25, -0.2) is 0 Å². The van der Waals surface area contributed by atoms with E-state index in [1.54, 1.807) is 0 Å². The number of rotatable bonds is 4. The Morgan fingerprint density at radius 3 is 2.82 bits per heavy atom. The van der Waals surface area contributed by atoms with E-state index < -0.39 is 0 Å². The van der Waals surface area contributed by atoms with Gasteiger partial charge in [-0.15, -0.1) is 11.3 Å². The highest BCUT2D eigenvalue weighted by atomic mass is 32.1. The highest BCUT2D eigenvalue weighted by molar-refractivity contribution is 7.12. The summed E-state index contributed by atoms with van der Waals surface area (Å²) in [5.41, 5.74) is 8.56. The monoisotopic (exact) mass is 246 g/mol. The maximum Gasteiger partial charge on any atom is 0.0451 e. The second-order valence-corrected chi connectivity index (χ2v) is 5.44. The molecule has 0 saturated carbocycles. The molecule has 3 heteroatoms. The lowest BCUT2D eigenvalue weighted by molar-refractivity contribution is 0.715. The van der Waals surface area contributed by atoms with Crippen LogP contribution in [0.1, 0.15) is 34.0 Å². The topological polar surface area (TPSA) is 38.9 Å². The van der Waals surface area contributed by atoms with Crippen LogP contribution in [-0.4, -0.2) is 4.98 Å². The molecule has 2 N–H and O–H groups in total. The summed E-state index contributed by atoms with van der Waals surface area (Å²) < 4.78 is 0. The first kappa shape index (κ1) is 12.3. The van der Waals surface area contributed by atoms with Crippen LogP contribution in [0.2, 0.25) is 0 Å². The van der Waals surface area contributed by atoms with Gasteiger partial charge < -0.3 is 5.73 Å². The average Bonchev–Trinajstić information content (AvgIpc) is 2.81. The Morgan fingerprint density at radius 1 is 1.35 bits per heavy atom. The molecule has 2 heterocycles. The Hall–Kier alpha value is -1.19. The first-order chi connectivity index (χ1) is 8.20. The third-order valence-electron chi connectivity index (χ3n) is 2.93. The van der Waals surface area contributed by atoms with Crippen molar-refractivity contribution in [3.63, 3.8) is 0 Å². The highest BCUT2D eigenvalue weighted by Crippen LogP contribution is 2.24. The first-order valence-electron chi connectivity index (χ1n) is 5.95. The van der Waals surface area contributed by atoms with Crippen molar-refractivity contribution in [2.45, 2.75) is 32.7 Å². The number of aromatic nitrogens is 1. The molecule has 0 aliphatic carbocycles. The molecule has 2 aromatic rings. The van der Waals surface area contributed by atoms with Gasteiger partial charge in [-0.3, -0.25) is 4.98 Å². The fraction of sp³-hybridized carbons (Fsp3) is 0.357. The molecule has 1 unspecified atom stereocenters. The third kappa shape index (κ3) is 2.93. The molecular weight excluding hydrogens is 228 g/mol. The minimum atomic E-state index is 0.0638. The molecule has 2 rings (SSSR count). The zero-order valence-corrected chi connectivity index (χ0v) is 11.1. The van der Waals surface area contributed by atoms with Crippen LogP contribution in [-0.2, 0) is 12.8 Å². The van der Waals surface area contributed by atoms with Gasteiger partial charge in [-0.2, -0.15) is 0 Å². The lowest BCUT2D eigenvalue weighted by Gasteiger charge is -2.10. The van der Waals surface area contributed by atoms with Gasteiger partial charge in [0.05, 0.1) is 0 Å². The smallest absolute Gasteiger partial charge is 0.0451 e. The number of thiophene rings is 1. The van der Waals surface area contributed by atoms with Crippen LogP contribution in [0.25, 0.3) is 0 Å². The van der Waals surface area contributed by atoms with Crippen LogP contribution in [0.5, 0.6) is 0 Å². The molecule has 0 fully saturated rings. The molecular formula is C14H18N2S. The normalized spacial score (nSPS) is 12.6. The van der Waals surface area contributed by atoms with E-state index in [0.29, 0.717) is 0 Å². The Kier molecular flexibility index (Phi) is 3.92. The Bertz CT molecular complexity index is 490. The predicted octanol–water partition coefficient (Wildman–Crippen LogP) is 3.26. The minimum absolute atomic E-state index is 0.0638. The molecule has 0 aliphatic heterocycles. The van der Waals surface area contributed by atoms with Crippen molar-refractivity contribution < 1.29 is 0 Å². The quantitative estimate of drug-likeness (QED) is 0.899. The summed E-state index contributed by atoms with van der Waals surface area (Å²) in [4.78, 5) is 7.05. The maximum atomic E-state index is 6.23. The van der Waals surface area contributed by atoms with Crippen LogP contribution in [0.15, 0.2) is 30.5 Å². The predicted molar refractivity (Wildman–Crippen MR) is 73.3 cm³/mol. The maximum absolute atomic E-state index is 6.23. The van der Waals surface area contributed by atoms with Crippen LogP contribution in [0, 0.1) is 6.92 Å². The van der Waals surface area contributed by atoms with Crippen molar-refractivity contribution in [1.29, 1.82) is 0 Å². The second kappa shape index (κ2) is 5.43. The Morgan fingerprint density at radius 2 is 2.18 bits per heavy atom. The van der Waals surface area contributed by atoms with E-state index in [0.717, 1.165) is 18.5 Å². The van der Waals surface area contributed by atoms with Crippen molar-refractivity contribution in [1.82, 2.24) is 4.98 Å². The van der Waals surface area contributed by atoms with E-state index in [2.05, 4.69) is 37.0 Å². The summed E-state index contributed by atoms with van der Waals surface area (Å²) in [6.07, 6.45) is 3.73. The van der Waals surface area contributed by atoms with Gasteiger partial charge in [0.2, 0.25) is 0 Å². The number of nitrogens with two attached hydrogens (primary N) is 1. The van der Waals surface area contributed by atoms with E-state index in [1.807, 2.05) is 23.6 Å². The molecule has 2 aromatic heterocycles. The SMILES string of the molecule is CCc1ccc(C(N)Cc2ncccc2C)s1. The molecule has 0 bridgehead atoms. The van der Waals surface area contributed by atoms with Crippen molar-refractivity contribution in [3.05, 3.63) is 51.5 Å². The van der Waals surface area contributed by atoms with Gasteiger partial charge in [0.15, 0.2) is 0 Å². The van der Waals surface area contributed by atoms with E-state index in [1.165, 1.54) is 15.3 Å². The summed E-state index contributed by atoms with van der Waals surface area (Å²) in [7, 11) is 0. The zero-order valence-electron chi connectivity index (χ0n) is 10.3. The van der Waals surface area contributed by atoms with Gasteiger partial charge in [0.25, 0.3) is 0 Å².